The molecule has 1 heterocycles. The van der Waals surface area contributed by atoms with E-state index in [2.05, 4.69) is 6.92 Å². The number of ether oxygens (including phenoxy) is 2. The number of benzene rings is 2. The maximum Gasteiger partial charge on any atom is 0.254 e. The molecule has 0 radical (unpaired) electrons. The Hall–Kier alpha value is -2.40. The monoisotopic (exact) mass is 385 g/mol. The molecular weight excluding hydrogens is 357 g/mol. The molecule has 0 aromatic heterocycles. The van der Waals surface area contributed by atoms with Crippen LogP contribution in [0.5, 0.6) is 5.75 Å². The Kier molecular flexibility index (Phi) is 7.43. The van der Waals surface area contributed by atoms with Crippen LogP contribution in [-0.4, -0.2) is 36.7 Å². The number of amides is 1. The van der Waals surface area contributed by atoms with E-state index < -0.39 is 0 Å². The van der Waals surface area contributed by atoms with Gasteiger partial charge < -0.3 is 14.4 Å². The van der Waals surface area contributed by atoms with Crippen molar-refractivity contribution in [2.75, 3.05) is 19.8 Å². The van der Waals surface area contributed by atoms with Gasteiger partial charge in [0.2, 0.25) is 0 Å². The topological polar surface area (TPSA) is 38.8 Å². The van der Waals surface area contributed by atoms with Crippen molar-refractivity contribution < 1.29 is 18.7 Å². The molecule has 0 spiro atoms. The molecule has 4 nitrogen and oxygen atoms in total. The van der Waals surface area contributed by atoms with Crippen LogP contribution in [0.25, 0.3) is 0 Å². The van der Waals surface area contributed by atoms with Crippen molar-refractivity contribution in [3.05, 3.63) is 65.5 Å². The molecule has 150 valence electrons. The number of halogens is 1. The molecule has 2 aromatic rings. The summed E-state index contributed by atoms with van der Waals surface area (Å²) >= 11 is 0. The van der Waals surface area contributed by atoms with Gasteiger partial charge in [-0.2, -0.15) is 0 Å². The van der Waals surface area contributed by atoms with Crippen LogP contribution in [0.2, 0.25) is 0 Å². The van der Waals surface area contributed by atoms with Crippen molar-refractivity contribution in [1.29, 1.82) is 0 Å². The minimum atomic E-state index is -0.278. The molecule has 3 rings (SSSR count). The Labute approximate surface area is 166 Å². The standard InChI is InChI=1S/C23H28FNO3/c1-2-3-14-27-21-12-8-19(9-13-21)23(26)25(17-22-5-4-15-28-22)16-18-6-10-20(24)11-7-18/h6-13,22H,2-5,14-17H2,1H3. The van der Waals surface area contributed by atoms with Gasteiger partial charge in [-0.15, -0.1) is 0 Å². The molecule has 1 aliphatic heterocycles. The molecule has 5 heteroatoms. The van der Waals surface area contributed by atoms with Crippen molar-refractivity contribution in [1.82, 2.24) is 4.90 Å². The quantitative estimate of drug-likeness (QED) is 0.581. The summed E-state index contributed by atoms with van der Waals surface area (Å²) in [5, 5.41) is 0. The first kappa shape index (κ1) is 20.3. The molecule has 1 atom stereocenters. The van der Waals surface area contributed by atoms with Crippen LogP contribution in [0.3, 0.4) is 0 Å². The van der Waals surface area contributed by atoms with E-state index in [0.29, 0.717) is 25.3 Å². The fourth-order valence-corrected chi connectivity index (χ4v) is 3.27. The first-order chi connectivity index (χ1) is 13.7. The van der Waals surface area contributed by atoms with Gasteiger partial charge in [0.15, 0.2) is 0 Å². The third-order valence-electron chi connectivity index (χ3n) is 4.89. The van der Waals surface area contributed by atoms with E-state index >= 15 is 0 Å². The number of nitrogens with zero attached hydrogens (tertiary/aromatic N) is 1. The summed E-state index contributed by atoms with van der Waals surface area (Å²) in [5.74, 6) is 0.438. The summed E-state index contributed by atoms with van der Waals surface area (Å²) < 4.78 is 24.6. The molecule has 1 amide bonds. The second-order valence-electron chi connectivity index (χ2n) is 7.17. The van der Waals surface area contributed by atoms with Crippen molar-refractivity contribution in [2.45, 2.75) is 45.3 Å². The molecule has 1 saturated heterocycles. The average Bonchev–Trinajstić information content (AvgIpc) is 3.22. The predicted octanol–water partition coefficient (Wildman–Crippen LogP) is 4.83. The van der Waals surface area contributed by atoms with Crippen LogP contribution < -0.4 is 4.74 Å². The zero-order valence-electron chi connectivity index (χ0n) is 16.4. The fourth-order valence-electron chi connectivity index (χ4n) is 3.27. The fraction of sp³-hybridized carbons (Fsp3) is 0.435. The maximum absolute atomic E-state index is 13.2. The molecule has 1 fully saturated rings. The number of carbonyl (C=O) groups is 1. The zero-order valence-corrected chi connectivity index (χ0v) is 16.4. The SMILES string of the molecule is CCCCOc1ccc(C(=O)N(Cc2ccc(F)cc2)CC2CCCO2)cc1. The molecule has 0 N–H and O–H groups in total. The Morgan fingerprint density at radius 1 is 1.18 bits per heavy atom. The third kappa shape index (κ3) is 5.80. The van der Waals surface area contributed by atoms with Crippen LogP contribution in [0.4, 0.5) is 4.39 Å². The first-order valence-corrected chi connectivity index (χ1v) is 10.0. The highest BCUT2D eigenvalue weighted by atomic mass is 19.1. The van der Waals surface area contributed by atoms with Gasteiger partial charge in [-0.25, -0.2) is 4.39 Å². The van der Waals surface area contributed by atoms with Gasteiger partial charge in [0, 0.05) is 25.3 Å². The molecular formula is C23H28FNO3. The van der Waals surface area contributed by atoms with Crippen molar-refractivity contribution in [3.8, 4) is 5.75 Å². The Balaban J connectivity index is 1.70. The Morgan fingerprint density at radius 3 is 2.57 bits per heavy atom. The van der Waals surface area contributed by atoms with Gasteiger partial charge in [-0.1, -0.05) is 25.5 Å². The van der Waals surface area contributed by atoms with Gasteiger partial charge in [-0.05, 0) is 61.2 Å². The molecule has 28 heavy (non-hydrogen) atoms. The van der Waals surface area contributed by atoms with Gasteiger partial charge >= 0.3 is 0 Å². The van der Waals surface area contributed by atoms with E-state index in [0.717, 1.165) is 43.6 Å². The second kappa shape index (κ2) is 10.2. The largest absolute Gasteiger partial charge is 0.494 e. The van der Waals surface area contributed by atoms with Crippen LogP contribution in [0, 0.1) is 5.82 Å². The average molecular weight is 385 g/mol. The number of carbonyl (C=O) groups excluding carboxylic acids is 1. The van der Waals surface area contributed by atoms with Gasteiger partial charge in [0.25, 0.3) is 5.91 Å². The molecule has 1 unspecified atom stereocenters. The van der Waals surface area contributed by atoms with E-state index in [1.54, 1.807) is 29.2 Å². The lowest BCUT2D eigenvalue weighted by Gasteiger charge is -2.26. The summed E-state index contributed by atoms with van der Waals surface area (Å²) in [6.45, 7) is 4.50. The maximum atomic E-state index is 13.2. The van der Waals surface area contributed by atoms with E-state index in [4.69, 9.17) is 9.47 Å². The highest BCUT2D eigenvalue weighted by molar-refractivity contribution is 5.94. The minimum absolute atomic E-state index is 0.0556. The minimum Gasteiger partial charge on any atom is -0.494 e. The third-order valence-corrected chi connectivity index (χ3v) is 4.89. The summed E-state index contributed by atoms with van der Waals surface area (Å²) in [7, 11) is 0. The normalized spacial score (nSPS) is 16.1. The summed E-state index contributed by atoms with van der Waals surface area (Å²) in [6, 6.07) is 13.6. The number of rotatable bonds is 9. The smallest absolute Gasteiger partial charge is 0.254 e. The summed E-state index contributed by atoms with van der Waals surface area (Å²) in [4.78, 5) is 14.9. The Bertz CT molecular complexity index is 739. The van der Waals surface area contributed by atoms with Gasteiger partial charge in [0.1, 0.15) is 11.6 Å². The van der Waals surface area contributed by atoms with Gasteiger partial charge in [0.05, 0.1) is 12.7 Å². The van der Waals surface area contributed by atoms with Crippen LogP contribution in [0.15, 0.2) is 48.5 Å². The van der Waals surface area contributed by atoms with E-state index in [-0.39, 0.29) is 17.8 Å². The predicted molar refractivity (Wildman–Crippen MR) is 107 cm³/mol. The van der Waals surface area contributed by atoms with Crippen molar-refractivity contribution in [3.63, 3.8) is 0 Å². The molecule has 0 aliphatic carbocycles. The molecule has 0 saturated carbocycles. The summed E-state index contributed by atoms with van der Waals surface area (Å²) in [6.07, 6.45) is 4.12. The van der Waals surface area contributed by atoms with E-state index in [1.165, 1.54) is 12.1 Å². The summed E-state index contributed by atoms with van der Waals surface area (Å²) in [5.41, 5.74) is 1.51. The highest BCUT2D eigenvalue weighted by Gasteiger charge is 2.23. The van der Waals surface area contributed by atoms with Gasteiger partial charge in [-0.3, -0.25) is 4.79 Å². The first-order valence-electron chi connectivity index (χ1n) is 10.0. The van der Waals surface area contributed by atoms with E-state index in [1.807, 2.05) is 12.1 Å². The number of unbranched alkanes of at least 4 members (excludes halogenated alkanes) is 1. The van der Waals surface area contributed by atoms with E-state index in [9.17, 15) is 9.18 Å². The van der Waals surface area contributed by atoms with Crippen LogP contribution in [0.1, 0.15) is 48.5 Å². The van der Waals surface area contributed by atoms with Crippen LogP contribution in [-0.2, 0) is 11.3 Å². The molecule has 1 aliphatic rings. The number of hydrogen-bond acceptors (Lipinski definition) is 3. The molecule has 2 aromatic carbocycles. The second-order valence-corrected chi connectivity index (χ2v) is 7.17. The molecule has 0 bridgehead atoms. The van der Waals surface area contributed by atoms with Crippen molar-refractivity contribution >= 4 is 5.91 Å². The number of hydrogen-bond donors (Lipinski definition) is 0. The highest BCUT2D eigenvalue weighted by Crippen LogP contribution is 2.19. The van der Waals surface area contributed by atoms with Crippen LogP contribution >= 0.6 is 0 Å². The lowest BCUT2D eigenvalue weighted by atomic mass is 10.1. The Morgan fingerprint density at radius 2 is 1.93 bits per heavy atom. The lowest BCUT2D eigenvalue weighted by molar-refractivity contribution is 0.0507. The zero-order chi connectivity index (χ0) is 19.8. The van der Waals surface area contributed by atoms with Crippen molar-refractivity contribution in [2.24, 2.45) is 0 Å². The lowest BCUT2D eigenvalue weighted by Crippen LogP contribution is -2.37.